The molecule has 1 rings (SSSR count). The maximum Gasteiger partial charge on any atom is 0.165 e. The van der Waals surface area contributed by atoms with Gasteiger partial charge in [0.2, 0.25) is 0 Å². The van der Waals surface area contributed by atoms with E-state index in [-0.39, 0.29) is 11.9 Å². The largest absolute Gasteiger partial charge is 0.489 e. The smallest absolute Gasteiger partial charge is 0.165 e. The molecule has 0 saturated heterocycles. The number of rotatable bonds is 5. The van der Waals surface area contributed by atoms with Gasteiger partial charge in [-0.3, -0.25) is 9.78 Å². The third-order valence-electron chi connectivity index (χ3n) is 1.78. The topological polar surface area (TPSA) is 65.2 Å². The van der Waals surface area contributed by atoms with Crippen LogP contribution in [0.25, 0.3) is 0 Å². The second kappa shape index (κ2) is 5.46. The van der Waals surface area contributed by atoms with Crippen LogP contribution in [0.3, 0.4) is 0 Å². The van der Waals surface area contributed by atoms with Crippen molar-refractivity contribution in [3.63, 3.8) is 0 Å². The van der Waals surface area contributed by atoms with Crippen molar-refractivity contribution in [1.29, 1.82) is 0 Å². The van der Waals surface area contributed by atoms with Crippen LogP contribution in [0.4, 0.5) is 0 Å². The molecule has 0 unspecified atom stereocenters. The van der Waals surface area contributed by atoms with Gasteiger partial charge in [-0.1, -0.05) is 0 Å². The van der Waals surface area contributed by atoms with Gasteiger partial charge in [-0.15, -0.1) is 0 Å². The Bertz CT molecular complexity index is 337. The highest BCUT2D eigenvalue weighted by molar-refractivity contribution is 5.96. The molecule has 1 aromatic heterocycles. The molecule has 4 heteroatoms. The molecular formula is C11H16N2O2. The first-order valence-corrected chi connectivity index (χ1v) is 4.98. The summed E-state index contributed by atoms with van der Waals surface area (Å²) in [5.41, 5.74) is 5.87. The molecule has 0 spiro atoms. The van der Waals surface area contributed by atoms with Gasteiger partial charge in [0.05, 0.1) is 12.3 Å². The van der Waals surface area contributed by atoms with Crippen LogP contribution < -0.4 is 10.5 Å². The number of nitrogens with zero attached hydrogens (tertiary/aromatic N) is 1. The molecule has 0 atom stereocenters. The number of Topliss-reactive ketones (excluding diaryl/α,β-unsaturated/α-hetero) is 1. The van der Waals surface area contributed by atoms with Crippen molar-refractivity contribution >= 4 is 5.78 Å². The molecule has 4 nitrogen and oxygen atoms in total. The van der Waals surface area contributed by atoms with Crippen LogP contribution in [0.5, 0.6) is 5.75 Å². The van der Waals surface area contributed by atoms with E-state index in [1.807, 2.05) is 13.8 Å². The highest BCUT2D eigenvalue weighted by Crippen LogP contribution is 2.13. The first-order chi connectivity index (χ1) is 7.13. The summed E-state index contributed by atoms with van der Waals surface area (Å²) in [6.07, 6.45) is 3.55. The molecule has 0 fully saturated rings. The van der Waals surface area contributed by atoms with Crippen molar-refractivity contribution in [1.82, 2.24) is 4.98 Å². The summed E-state index contributed by atoms with van der Waals surface area (Å²) in [7, 11) is 0. The molecule has 0 aliphatic rings. The zero-order valence-corrected chi connectivity index (χ0v) is 9.06. The van der Waals surface area contributed by atoms with Crippen LogP contribution in [-0.4, -0.2) is 23.4 Å². The van der Waals surface area contributed by atoms with Crippen molar-refractivity contribution in [3.8, 4) is 5.75 Å². The van der Waals surface area contributed by atoms with Gasteiger partial charge in [-0.05, 0) is 26.5 Å². The molecule has 2 N–H and O–H groups in total. The van der Waals surface area contributed by atoms with E-state index in [2.05, 4.69) is 4.98 Å². The number of carbonyl (C=O) groups is 1. The third kappa shape index (κ3) is 3.67. The van der Waals surface area contributed by atoms with Gasteiger partial charge in [0.15, 0.2) is 5.78 Å². The second-order valence-electron chi connectivity index (χ2n) is 3.54. The molecule has 1 heterocycles. The molecule has 82 valence electrons. The standard InChI is InChI=1S/C11H16N2O2/c1-8(2)15-10-5-9(6-13-7-10)11(14)3-4-12/h5-8H,3-4,12H2,1-2H3. The molecule has 15 heavy (non-hydrogen) atoms. The molecule has 1 aromatic rings. The van der Waals surface area contributed by atoms with E-state index in [0.29, 0.717) is 24.3 Å². The van der Waals surface area contributed by atoms with Crippen molar-refractivity contribution < 1.29 is 9.53 Å². The van der Waals surface area contributed by atoms with E-state index < -0.39 is 0 Å². The Morgan fingerprint density at radius 1 is 1.53 bits per heavy atom. The summed E-state index contributed by atoms with van der Waals surface area (Å²) in [4.78, 5) is 15.5. The lowest BCUT2D eigenvalue weighted by Gasteiger charge is -2.09. The normalized spacial score (nSPS) is 10.4. The molecule has 0 radical (unpaired) electrons. The van der Waals surface area contributed by atoms with E-state index in [1.54, 1.807) is 12.3 Å². The van der Waals surface area contributed by atoms with Crippen LogP contribution in [0.1, 0.15) is 30.6 Å². The van der Waals surface area contributed by atoms with E-state index in [4.69, 9.17) is 10.5 Å². The molecule has 0 aliphatic heterocycles. The van der Waals surface area contributed by atoms with Crippen LogP contribution in [0, 0.1) is 0 Å². The lowest BCUT2D eigenvalue weighted by molar-refractivity contribution is 0.0984. The quantitative estimate of drug-likeness (QED) is 0.743. The minimum Gasteiger partial charge on any atom is -0.489 e. The first kappa shape index (κ1) is 11.7. The summed E-state index contributed by atoms with van der Waals surface area (Å²) >= 11 is 0. The average molecular weight is 208 g/mol. The summed E-state index contributed by atoms with van der Waals surface area (Å²) in [6, 6.07) is 1.70. The maximum atomic E-state index is 11.5. The van der Waals surface area contributed by atoms with Gasteiger partial charge in [0, 0.05) is 18.2 Å². The number of carbonyl (C=O) groups excluding carboxylic acids is 1. The number of nitrogens with two attached hydrogens (primary N) is 1. The maximum absolute atomic E-state index is 11.5. The Kier molecular flexibility index (Phi) is 4.24. The van der Waals surface area contributed by atoms with Gasteiger partial charge < -0.3 is 10.5 Å². The average Bonchev–Trinajstić information content (AvgIpc) is 2.17. The Morgan fingerprint density at radius 2 is 2.27 bits per heavy atom. The Hall–Kier alpha value is -1.42. The monoisotopic (exact) mass is 208 g/mol. The fourth-order valence-electron chi connectivity index (χ4n) is 1.18. The molecule has 0 aromatic carbocycles. The van der Waals surface area contributed by atoms with Crippen molar-refractivity contribution in [3.05, 3.63) is 24.0 Å². The Morgan fingerprint density at radius 3 is 2.87 bits per heavy atom. The number of pyridine rings is 1. The van der Waals surface area contributed by atoms with Crippen LogP contribution in [0.2, 0.25) is 0 Å². The second-order valence-corrected chi connectivity index (χ2v) is 3.54. The van der Waals surface area contributed by atoms with Crippen molar-refractivity contribution in [2.24, 2.45) is 5.73 Å². The van der Waals surface area contributed by atoms with E-state index >= 15 is 0 Å². The molecule has 0 amide bonds. The Balaban J connectivity index is 2.78. The molecular weight excluding hydrogens is 192 g/mol. The highest BCUT2D eigenvalue weighted by atomic mass is 16.5. The van der Waals surface area contributed by atoms with Crippen LogP contribution in [0.15, 0.2) is 18.5 Å². The number of ether oxygens (including phenoxy) is 1. The van der Waals surface area contributed by atoms with E-state index in [9.17, 15) is 4.79 Å². The third-order valence-corrected chi connectivity index (χ3v) is 1.78. The lowest BCUT2D eigenvalue weighted by atomic mass is 10.1. The minimum atomic E-state index is -0.000735. The Labute approximate surface area is 89.5 Å². The minimum absolute atomic E-state index is 0.000735. The number of ketones is 1. The first-order valence-electron chi connectivity index (χ1n) is 4.98. The summed E-state index contributed by atoms with van der Waals surface area (Å²) in [5, 5.41) is 0. The predicted octanol–water partition coefficient (Wildman–Crippen LogP) is 1.40. The van der Waals surface area contributed by atoms with Gasteiger partial charge in [-0.2, -0.15) is 0 Å². The molecule has 0 aliphatic carbocycles. The fraction of sp³-hybridized carbons (Fsp3) is 0.455. The van der Waals surface area contributed by atoms with Crippen molar-refractivity contribution in [2.75, 3.05) is 6.54 Å². The summed E-state index contributed by atoms with van der Waals surface area (Å²) < 4.78 is 5.44. The van der Waals surface area contributed by atoms with Gasteiger partial charge >= 0.3 is 0 Å². The van der Waals surface area contributed by atoms with Gasteiger partial charge in [0.1, 0.15) is 5.75 Å². The SMILES string of the molecule is CC(C)Oc1cncc(C(=O)CCN)c1. The van der Waals surface area contributed by atoms with Crippen LogP contribution >= 0.6 is 0 Å². The number of hydrogen-bond donors (Lipinski definition) is 1. The zero-order chi connectivity index (χ0) is 11.3. The summed E-state index contributed by atoms with van der Waals surface area (Å²) in [5.74, 6) is 0.618. The van der Waals surface area contributed by atoms with E-state index in [1.165, 1.54) is 6.20 Å². The summed E-state index contributed by atoms with van der Waals surface area (Å²) in [6.45, 7) is 4.21. The van der Waals surface area contributed by atoms with Crippen LogP contribution in [-0.2, 0) is 0 Å². The molecule has 0 bridgehead atoms. The van der Waals surface area contributed by atoms with Crippen molar-refractivity contribution in [2.45, 2.75) is 26.4 Å². The van der Waals surface area contributed by atoms with E-state index in [0.717, 1.165) is 0 Å². The van der Waals surface area contributed by atoms with Gasteiger partial charge in [-0.25, -0.2) is 0 Å². The zero-order valence-electron chi connectivity index (χ0n) is 9.06. The lowest BCUT2D eigenvalue weighted by Crippen LogP contribution is -2.10. The number of aromatic nitrogens is 1. The fourth-order valence-corrected chi connectivity index (χ4v) is 1.18. The van der Waals surface area contributed by atoms with Gasteiger partial charge in [0.25, 0.3) is 0 Å². The molecule has 0 saturated carbocycles. The predicted molar refractivity (Wildman–Crippen MR) is 58.0 cm³/mol. The highest BCUT2D eigenvalue weighted by Gasteiger charge is 2.07. The number of hydrogen-bond acceptors (Lipinski definition) is 4.